The molecule has 1 heterocycles. The molecule has 0 fully saturated rings. The van der Waals surface area contributed by atoms with E-state index in [1.54, 1.807) is 0 Å². The van der Waals surface area contributed by atoms with Crippen LogP contribution < -0.4 is 5.32 Å². The number of hydrogen-bond donors (Lipinski definition) is 1. The third kappa shape index (κ3) is 3.05. The highest BCUT2D eigenvalue weighted by Crippen LogP contribution is 2.12. The SMILES string of the molecule is CC1CNCCc2ccccc2COC1. The summed E-state index contributed by atoms with van der Waals surface area (Å²) in [5, 5.41) is 3.47. The fourth-order valence-electron chi connectivity index (χ4n) is 1.94. The van der Waals surface area contributed by atoms with Crippen LogP contribution in [-0.4, -0.2) is 19.7 Å². The van der Waals surface area contributed by atoms with Gasteiger partial charge in [-0.05, 0) is 36.6 Å². The molecule has 0 saturated carbocycles. The Balaban J connectivity index is 2.08. The van der Waals surface area contributed by atoms with Gasteiger partial charge >= 0.3 is 0 Å². The van der Waals surface area contributed by atoms with Crippen molar-refractivity contribution in [2.75, 3.05) is 19.7 Å². The molecule has 1 atom stereocenters. The van der Waals surface area contributed by atoms with Crippen LogP contribution in [0.3, 0.4) is 0 Å². The molecule has 0 aromatic heterocycles. The van der Waals surface area contributed by atoms with E-state index in [-0.39, 0.29) is 0 Å². The molecule has 2 nitrogen and oxygen atoms in total. The third-order valence-corrected chi connectivity index (χ3v) is 2.84. The van der Waals surface area contributed by atoms with Crippen molar-refractivity contribution in [3.63, 3.8) is 0 Å². The molecule has 1 unspecified atom stereocenters. The lowest BCUT2D eigenvalue weighted by Crippen LogP contribution is -2.27. The lowest BCUT2D eigenvalue weighted by Gasteiger charge is -2.17. The second kappa shape index (κ2) is 5.29. The summed E-state index contributed by atoms with van der Waals surface area (Å²) >= 11 is 0. The van der Waals surface area contributed by atoms with Crippen molar-refractivity contribution in [2.45, 2.75) is 20.0 Å². The van der Waals surface area contributed by atoms with Crippen molar-refractivity contribution in [3.8, 4) is 0 Å². The first-order valence-electron chi connectivity index (χ1n) is 5.71. The molecule has 15 heavy (non-hydrogen) atoms. The van der Waals surface area contributed by atoms with Crippen LogP contribution in [-0.2, 0) is 17.8 Å². The van der Waals surface area contributed by atoms with Gasteiger partial charge in [0.25, 0.3) is 0 Å². The van der Waals surface area contributed by atoms with Gasteiger partial charge in [0.15, 0.2) is 0 Å². The third-order valence-electron chi connectivity index (χ3n) is 2.84. The molecular weight excluding hydrogens is 186 g/mol. The van der Waals surface area contributed by atoms with Gasteiger partial charge in [0, 0.05) is 0 Å². The second-order valence-corrected chi connectivity index (χ2v) is 4.34. The molecule has 0 bridgehead atoms. The van der Waals surface area contributed by atoms with E-state index in [1.807, 2.05) is 0 Å². The van der Waals surface area contributed by atoms with Gasteiger partial charge in [0.1, 0.15) is 0 Å². The normalized spacial score (nSPS) is 23.1. The molecule has 0 saturated heterocycles. The van der Waals surface area contributed by atoms with Crippen molar-refractivity contribution < 1.29 is 4.74 Å². The molecule has 1 aromatic rings. The molecule has 1 aliphatic rings. The number of benzene rings is 1. The maximum atomic E-state index is 5.71. The summed E-state index contributed by atoms with van der Waals surface area (Å²) in [6.07, 6.45) is 1.10. The highest BCUT2D eigenvalue weighted by molar-refractivity contribution is 5.26. The van der Waals surface area contributed by atoms with E-state index in [1.165, 1.54) is 11.1 Å². The molecule has 1 N–H and O–H groups in total. The largest absolute Gasteiger partial charge is 0.376 e. The van der Waals surface area contributed by atoms with Crippen molar-refractivity contribution in [3.05, 3.63) is 35.4 Å². The van der Waals surface area contributed by atoms with E-state index in [0.29, 0.717) is 5.92 Å². The summed E-state index contributed by atoms with van der Waals surface area (Å²) in [6, 6.07) is 8.56. The van der Waals surface area contributed by atoms with Crippen molar-refractivity contribution in [2.24, 2.45) is 5.92 Å². The minimum atomic E-state index is 0.607. The average Bonchev–Trinajstić information content (AvgIpc) is 2.26. The van der Waals surface area contributed by atoms with E-state index in [9.17, 15) is 0 Å². The van der Waals surface area contributed by atoms with Crippen LogP contribution in [0.4, 0.5) is 0 Å². The highest BCUT2D eigenvalue weighted by Gasteiger charge is 2.07. The molecule has 1 aromatic carbocycles. The van der Waals surface area contributed by atoms with E-state index in [4.69, 9.17) is 4.74 Å². The fraction of sp³-hybridized carbons (Fsp3) is 0.538. The summed E-state index contributed by atoms with van der Waals surface area (Å²) in [5.74, 6) is 0.607. The molecule has 2 heteroatoms. The van der Waals surface area contributed by atoms with E-state index < -0.39 is 0 Å². The molecule has 0 aliphatic carbocycles. The summed E-state index contributed by atoms with van der Waals surface area (Å²) < 4.78 is 5.71. The Morgan fingerprint density at radius 3 is 2.93 bits per heavy atom. The maximum Gasteiger partial charge on any atom is 0.0719 e. The molecular formula is C13H19NO. The molecule has 1 aliphatic heterocycles. The van der Waals surface area contributed by atoms with Crippen LogP contribution in [0.5, 0.6) is 0 Å². The van der Waals surface area contributed by atoms with Crippen LogP contribution in [0.2, 0.25) is 0 Å². The Labute approximate surface area is 91.6 Å². The van der Waals surface area contributed by atoms with Gasteiger partial charge in [-0.25, -0.2) is 0 Å². The summed E-state index contributed by atoms with van der Waals surface area (Å²) in [4.78, 5) is 0. The Bertz CT molecular complexity index is 311. The van der Waals surface area contributed by atoms with Crippen molar-refractivity contribution in [1.29, 1.82) is 0 Å². The average molecular weight is 205 g/mol. The smallest absolute Gasteiger partial charge is 0.0719 e. The second-order valence-electron chi connectivity index (χ2n) is 4.34. The zero-order chi connectivity index (χ0) is 10.5. The lowest BCUT2D eigenvalue weighted by molar-refractivity contribution is 0.0903. The van der Waals surface area contributed by atoms with E-state index >= 15 is 0 Å². The number of fused-ring (bicyclic) bond motifs is 1. The predicted octanol–water partition coefficient (Wildman–Crippen LogP) is 1.99. The van der Waals surface area contributed by atoms with Gasteiger partial charge in [-0.3, -0.25) is 0 Å². The number of ether oxygens (including phenoxy) is 1. The quantitative estimate of drug-likeness (QED) is 0.699. The number of rotatable bonds is 0. The number of nitrogens with one attached hydrogen (secondary N) is 1. The molecule has 82 valence electrons. The van der Waals surface area contributed by atoms with Crippen LogP contribution in [0.15, 0.2) is 24.3 Å². The molecule has 0 radical (unpaired) electrons. The van der Waals surface area contributed by atoms with Gasteiger partial charge in [-0.15, -0.1) is 0 Å². The topological polar surface area (TPSA) is 21.3 Å². The monoisotopic (exact) mass is 205 g/mol. The minimum Gasteiger partial charge on any atom is -0.376 e. The Hall–Kier alpha value is -0.860. The van der Waals surface area contributed by atoms with Crippen LogP contribution in [0, 0.1) is 5.92 Å². The molecule has 2 rings (SSSR count). The van der Waals surface area contributed by atoms with Crippen molar-refractivity contribution >= 4 is 0 Å². The van der Waals surface area contributed by atoms with E-state index in [2.05, 4.69) is 36.5 Å². The molecule has 0 amide bonds. The van der Waals surface area contributed by atoms with Gasteiger partial charge in [0.2, 0.25) is 0 Å². The summed E-state index contributed by atoms with van der Waals surface area (Å²) in [7, 11) is 0. The standard InChI is InChI=1S/C13H19NO/c1-11-8-14-7-6-12-4-2-3-5-13(12)10-15-9-11/h2-5,11,14H,6-10H2,1H3. The number of hydrogen-bond acceptors (Lipinski definition) is 2. The zero-order valence-corrected chi connectivity index (χ0v) is 9.33. The van der Waals surface area contributed by atoms with Gasteiger partial charge < -0.3 is 10.1 Å². The molecule has 0 spiro atoms. The van der Waals surface area contributed by atoms with Crippen molar-refractivity contribution in [1.82, 2.24) is 5.32 Å². The minimum absolute atomic E-state index is 0.607. The van der Waals surface area contributed by atoms with Gasteiger partial charge in [-0.2, -0.15) is 0 Å². The zero-order valence-electron chi connectivity index (χ0n) is 9.33. The highest BCUT2D eigenvalue weighted by atomic mass is 16.5. The van der Waals surface area contributed by atoms with Crippen LogP contribution in [0.1, 0.15) is 18.1 Å². The Morgan fingerprint density at radius 2 is 2.07 bits per heavy atom. The maximum absolute atomic E-state index is 5.71. The van der Waals surface area contributed by atoms with Gasteiger partial charge in [0.05, 0.1) is 13.2 Å². The Morgan fingerprint density at radius 1 is 1.27 bits per heavy atom. The first-order valence-corrected chi connectivity index (χ1v) is 5.71. The Kier molecular flexibility index (Phi) is 3.75. The van der Waals surface area contributed by atoms with E-state index in [0.717, 1.165) is 32.7 Å². The lowest BCUT2D eigenvalue weighted by atomic mass is 10.0. The first kappa shape index (κ1) is 10.7. The van der Waals surface area contributed by atoms with Crippen LogP contribution in [0.25, 0.3) is 0 Å². The predicted molar refractivity (Wildman–Crippen MR) is 61.8 cm³/mol. The summed E-state index contributed by atoms with van der Waals surface area (Å²) in [6.45, 7) is 5.96. The van der Waals surface area contributed by atoms with Gasteiger partial charge in [-0.1, -0.05) is 31.2 Å². The summed E-state index contributed by atoms with van der Waals surface area (Å²) in [5.41, 5.74) is 2.76. The fourth-order valence-corrected chi connectivity index (χ4v) is 1.94. The van der Waals surface area contributed by atoms with Crippen LogP contribution >= 0.6 is 0 Å². The first-order chi connectivity index (χ1) is 7.36.